The summed E-state index contributed by atoms with van der Waals surface area (Å²) in [6.07, 6.45) is 12.8. The summed E-state index contributed by atoms with van der Waals surface area (Å²) in [6.45, 7) is 7.59. The number of allylic oxidation sites excluding steroid dienone is 8. The minimum absolute atomic E-state index is 0. The van der Waals surface area contributed by atoms with E-state index in [0.717, 1.165) is 23.1 Å². The molecule has 0 spiro atoms. The Morgan fingerprint density at radius 1 is 1.10 bits per heavy atom. The van der Waals surface area contributed by atoms with Gasteiger partial charge in [0.15, 0.2) is 0 Å². The van der Waals surface area contributed by atoms with Crippen molar-refractivity contribution in [3.05, 3.63) is 113 Å². The fourth-order valence-electron chi connectivity index (χ4n) is 3.04. The van der Waals surface area contributed by atoms with E-state index in [2.05, 4.69) is 50.3 Å². The molecule has 2 N–H and O–H groups in total. The van der Waals surface area contributed by atoms with E-state index in [-0.39, 0.29) is 31.6 Å². The van der Waals surface area contributed by atoms with Crippen LogP contribution in [0.3, 0.4) is 0 Å². The van der Waals surface area contributed by atoms with E-state index >= 15 is 0 Å². The summed E-state index contributed by atoms with van der Waals surface area (Å²) < 4.78 is 0. The number of ketones is 1. The summed E-state index contributed by atoms with van der Waals surface area (Å²) in [5, 5.41) is 9.52. The van der Waals surface area contributed by atoms with Crippen molar-refractivity contribution in [1.82, 2.24) is 0 Å². The Hall–Kier alpha value is -2.57. The summed E-state index contributed by atoms with van der Waals surface area (Å²) in [5.74, 6) is 0.932. The summed E-state index contributed by atoms with van der Waals surface area (Å²) >= 11 is 0. The van der Waals surface area contributed by atoms with Gasteiger partial charge in [-0.2, -0.15) is 0 Å². The summed E-state index contributed by atoms with van der Waals surface area (Å²) in [5.41, 5.74) is 5.22. The molecule has 0 saturated heterocycles. The van der Waals surface area contributed by atoms with Crippen molar-refractivity contribution in [2.75, 3.05) is 0 Å². The van der Waals surface area contributed by atoms with Gasteiger partial charge in [-0.25, -0.2) is 0 Å². The van der Waals surface area contributed by atoms with Crippen LogP contribution in [0, 0.1) is 12.1 Å². The van der Waals surface area contributed by atoms with Crippen LogP contribution in [0.2, 0.25) is 0 Å². The van der Waals surface area contributed by atoms with Gasteiger partial charge in [-0.3, -0.25) is 4.79 Å². The maximum Gasteiger partial charge on any atom is 0.320 e. The van der Waals surface area contributed by atoms with Crippen molar-refractivity contribution in [2.45, 2.75) is 46.5 Å². The topological polar surface area (TPSA) is 41.6 Å². The second kappa shape index (κ2) is 13.7. The van der Waals surface area contributed by atoms with Crippen LogP contribution in [0.5, 0.6) is 0 Å². The number of carbonyl (C=O) groups excluding carboxylic acids is 1. The first-order valence-corrected chi connectivity index (χ1v) is 10.4. The zero-order chi connectivity index (χ0) is 21.9. The van der Waals surface area contributed by atoms with Gasteiger partial charge >= 0.3 is 5.78 Å². The Morgan fingerprint density at radius 3 is 2.29 bits per heavy atom. The van der Waals surface area contributed by atoms with Gasteiger partial charge < -0.3 is 5.11 Å². The molecule has 0 saturated carbocycles. The van der Waals surface area contributed by atoms with Gasteiger partial charge in [0.25, 0.3) is 0 Å². The van der Waals surface area contributed by atoms with Gasteiger partial charge in [-0.15, -0.1) is 24.3 Å². The second-order valence-electron chi connectivity index (χ2n) is 7.43. The Morgan fingerprint density at radius 2 is 1.81 bits per heavy atom. The Balaban J connectivity index is 0.000000321. The predicted molar refractivity (Wildman–Crippen MR) is 127 cm³/mol. The molecular weight excluding hydrogens is 561 g/mol. The van der Waals surface area contributed by atoms with E-state index in [1.54, 1.807) is 13.8 Å². The first-order valence-electron chi connectivity index (χ1n) is 10.4. The zero-order valence-electron chi connectivity index (χ0n) is 18.6. The molecule has 1 unspecified atom stereocenters. The molecule has 1 aliphatic rings. The third-order valence-electron chi connectivity index (χ3n) is 5.12. The predicted octanol–water partition coefficient (Wildman–Crippen LogP) is 6.94. The molecule has 2 aromatic rings. The van der Waals surface area contributed by atoms with Crippen LogP contribution in [0.1, 0.15) is 56.7 Å². The molecule has 0 bridgehead atoms. The first-order chi connectivity index (χ1) is 14.4. The minimum Gasteiger partial charge on any atom is -0.512 e. The van der Waals surface area contributed by atoms with Crippen LogP contribution in [-0.4, -0.2) is 15.7 Å². The average Bonchev–Trinajstić information content (AvgIpc) is 2.78. The molecule has 163 valence electrons. The molecule has 31 heavy (non-hydrogen) atoms. The number of hydrogen-bond donors (Lipinski definition) is 1. The van der Waals surface area contributed by atoms with Crippen LogP contribution < -0.4 is 0 Å². The number of aliphatic hydroxyl groups excluding tert-OH is 1. The van der Waals surface area contributed by atoms with Crippen molar-refractivity contribution >= 4 is 11.4 Å². The molecule has 0 aromatic heterocycles. The van der Waals surface area contributed by atoms with Gasteiger partial charge in [0, 0.05) is 38.7 Å². The van der Waals surface area contributed by atoms with Crippen LogP contribution in [0.4, 0.5) is 0 Å². The van der Waals surface area contributed by atoms with Crippen LogP contribution >= 0.6 is 0 Å². The average molecular weight is 592 g/mol. The third-order valence-corrected chi connectivity index (χ3v) is 5.12. The van der Waals surface area contributed by atoms with Crippen molar-refractivity contribution < 1.29 is 30.0 Å². The maximum atomic E-state index is 9.52. The molecular formula is C28H31IrO2+. The van der Waals surface area contributed by atoms with Gasteiger partial charge in [-0.05, 0) is 42.5 Å². The van der Waals surface area contributed by atoms with Crippen molar-refractivity contribution in [3.8, 4) is 0 Å². The molecule has 2 aromatic carbocycles. The zero-order valence-corrected chi connectivity index (χ0v) is 21.0. The number of aliphatic hydroxyl groups is 1. The number of rotatable bonds is 6. The number of benzene rings is 2. The molecule has 2 nitrogen and oxygen atoms in total. The molecule has 0 fully saturated rings. The van der Waals surface area contributed by atoms with E-state index in [1.165, 1.54) is 5.56 Å². The smallest absolute Gasteiger partial charge is 0.320 e. The van der Waals surface area contributed by atoms with Gasteiger partial charge in [0.05, 0.1) is 24.1 Å². The van der Waals surface area contributed by atoms with Gasteiger partial charge in [0.2, 0.25) is 0 Å². The molecule has 0 heterocycles. The first kappa shape index (κ1) is 26.5. The van der Waals surface area contributed by atoms with Crippen molar-refractivity contribution in [3.63, 3.8) is 0 Å². The molecule has 0 aliphatic heterocycles. The van der Waals surface area contributed by atoms with Crippen LogP contribution in [-0.2, 0) is 26.5 Å². The number of hydrogen-bond acceptors (Lipinski definition) is 1. The quantitative estimate of drug-likeness (QED) is 0.168. The molecule has 3 heteroatoms. The van der Waals surface area contributed by atoms with Gasteiger partial charge in [0.1, 0.15) is 5.76 Å². The van der Waals surface area contributed by atoms with E-state index in [4.69, 9.17) is 0 Å². The van der Waals surface area contributed by atoms with Crippen molar-refractivity contribution in [2.24, 2.45) is 0 Å². The van der Waals surface area contributed by atoms with Crippen LogP contribution in [0.15, 0.2) is 84.2 Å². The molecule has 1 atom stereocenters. The molecule has 3 rings (SSSR count). The Bertz CT molecular complexity index is 944. The molecule has 0 amide bonds. The third kappa shape index (κ3) is 8.59. The van der Waals surface area contributed by atoms with Crippen LogP contribution in [0.25, 0.3) is 5.57 Å². The van der Waals surface area contributed by atoms with E-state index < -0.39 is 0 Å². The largest absolute Gasteiger partial charge is 0.512 e. The summed E-state index contributed by atoms with van der Waals surface area (Å²) in [6, 6.07) is 19.4. The minimum atomic E-state index is 0. The Labute approximate surface area is 200 Å². The fraction of sp³-hybridized carbons (Fsp3) is 0.250. The molecule has 1 radical (unpaired) electrons. The second-order valence-corrected chi connectivity index (χ2v) is 7.43. The SMILES string of the molecule is CCC(C)c1ccc(CC(C(C)=[OH+])=C(C)O)cc1.[C+]1=CC=CC=C1c1[c-]cccc1.[Ir]. The summed E-state index contributed by atoms with van der Waals surface area (Å²) in [7, 11) is 0. The van der Waals surface area contributed by atoms with Crippen molar-refractivity contribution in [1.29, 1.82) is 0 Å². The molecule has 1 aliphatic carbocycles. The Kier molecular flexibility index (Phi) is 11.7. The van der Waals surface area contributed by atoms with Gasteiger partial charge in [-0.1, -0.05) is 49.7 Å². The van der Waals surface area contributed by atoms with E-state index in [1.807, 2.05) is 48.6 Å². The fourth-order valence-corrected chi connectivity index (χ4v) is 3.04. The van der Waals surface area contributed by atoms with E-state index in [9.17, 15) is 9.90 Å². The van der Waals surface area contributed by atoms with E-state index in [0.29, 0.717) is 17.9 Å². The monoisotopic (exact) mass is 592 g/mol. The summed E-state index contributed by atoms with van der Waals surface area (Å²) in [4.78, 5) is 9.52. The standard InChI is InChI=1S/C16H22O2.C12H8.Ir/c1-5-11(2)15-8-6-14(7-9-15)10-16(12(3)17)13(4)18;1-3-7-11(8-4-1)12-9-5-2-6-10-12;/h6-9,11,17H,5,10H2,1-4H3;1-7,9H;/p+1. The maximum absolute atomic E-state index is 9.52. The normalized spacial score (nSPS) is 13.5.